The number of cyclic esters (lactones) is 1. The second kappa shape index (κ2) is 13.4. The van der Waals surface area contributed by atoms with Crippen molar-refractivity contribution in [3.63, 3.8) is 0 Å². The molecule has 0 unspecified atom stereocenters. The number of carbonyl (C=O) groups is 4. The molecule has 1 N–H and O–H groups in total. The van der Waals surface area contributed by atoms with Gasteiger partial charge in [0.2, 0.25) is 17.7 Å². The predicted octanol–water partition coefficient (Wildman–Crippen LogP) is 3.42. The molecule has 2 aromatic carbocycles. The molecule has 4 heterocycles. The van der Waals surface area contributed by atoms with E-state index in [1.165, 1.54) is 4.90 Å². The van der Waals surface area contributed by atoms with E-state index >= 15 is 0 Å². The third-order valence-electron chi connectivity index (χ3n) is 10.2. The van der Waals surface area contributed by atoms with E-state index < -0.39 is 59.6 Å². The van der Waals surface area contributed by atoms with Crippen LogP contribution in [0, 0.1) is 11.8 Å². The standard InChI is InChI=1S/C37H43N3O7/c1-4-27(23-41)40-33-35(44)39(22-25-14-7-5-8-15-25)21-13-20-37(33)31(34(40)43)30-28(47-37)18-11-12-19-29(42)38(3)24(2)32(46-36(30)45)26-16-9-6-10-17-26/h5-11,13-18,20,24,27-28,30-33,41H,4,12,19,21-23H2,1-3H3/b18-11-/t24-,27+,28-,30+,31+,32+,33-,37+/m1/s1. The van der Waals surface area contributed by atoms with E-state index in [0.717, 1.165) is 11.1 Å². The second-order valence-electron chi connectivity index (χ2n) is 12.9. The Labute approximate surface area is 275 Å². The van der Waals surface area contributed by atoms with Crippen LogP contribution in [-0.4, -0.2) is 93.5 Å². The van der Waals surface area contributed by atoms with Crippen LogP contribution in [0.4, 0.5) is 0 Å². The number of amides is 3. The predicted molar refractivity (Wildman–Crippen MR) is 173 cm³/mol. The van der Waals surface area contributed by atoms with Crippen LogP contribution < -0.4 is 0 Å². The summed E-state index contributed by atoms with van der Waals surface area (Å²) in [5.41, 5.74) is 0.185. The highest BCUT2D eigenvalue weighted by atomic mass is 16.6. The number of ether oxygens (including phenoxy) is 2. The van der Waals surface area contributed by atoms with Crippen molar-refractivity contribution in [1.82, 2.24) is 14.7 Å². The zero-order chi connectivity index (χ0) is 33.3. The van der Waals surface area contributed by atoms with Gasteiger partial charge in [0.1, 0.15) is 23.7 Å². The largest absolute Gasteiger partial charge is 0.455 e. The molecule has 2 saturated heterocycles. The highest BCUT2D eigenvalue weighted by Crippen LogP contribution is 2.54. The Morgan fingerprint density at radius 1 is 0.979 bits per heavy atom. The quantitative estimate of drug-likeness (QED) is 0.380. The molecule has 0 aromatic heterocycles. The first-order chi connectivity index (χ1) is 22.7. The Bertz CT molecular complexity index is 1540. The number of likely N-dealkylation sites (N-methyl/N-ethyl adjacent to an activating group) is 1. The minimum atomic E-state index is -1.47. The number of esters is 1. The summed E-state index contributed by atoms with van der Waals surface area (Å²) in [6.07, 6.45) is 6.54. The van der Waals surface area contributed by atoms with Crippen LogP contribution in [0.15, 0.2) is 85.0 Å². The van der Waals surface area contributed by atoms with Gasteiger partial charge in [-0.1, -0.05) is 91.9 Å². The Balaban J connectivity index is 1.44. The van der Waals surface area contributed by atoms with Gasteiger partial charge >= 0.3 is 5.97 Å². The summed E-state index contributed by atoms with van der Waals surface area (Å²) in [5.74, 6) is -3.59. The molecule has 8 atom stereocenters. The van der Waals surface area contributed by atoms with E-state index in [9.17, 15) is 24.3 Å². The minimum absolute atomic E-state index is 0.0876. The zero-order valence-corrected chi connectivity index (χ0v) is 27.1. The normalized spacial score (nSPS) is 32.5. The lowest BCUT2D eigenvalue weighted by atomic mass is 9.77. The van der Waals surface area contributed by atoms with E-state index in [-0.39, 0.29) is 31.4 Å². The Kier molecular flexibility index (Phi) is 9.34. The van der Waals surface area contributed by atoms with Crippen LogP contribution in [0.5, 0.6) is 0 Å². The maximum absolute atomic E-state index is 14.7. The molecule has 3 amide bonds. The number of likely N-dealkylation sites (tertiary alicyclic amines) is 1. The molecule has 248 valence electrons. The number of aliphatic hydroxyl groups is 1. The summed E-state index contributed by atoms with van der Waals surface area (Å²) in [4.78, 5) is 61.6. The van der Waals surface area contributed by atoms with Gasteiger partial charge in [-0.05, 0) is 30.9 Å². The van der Waals surface area contributed by atoms with Gasteiger partial charge in [0.05, 0.1) is 30.7 Å². The fourth-order valence-electron chi connectivity index (χ4n) is 7.63. The van der Waals surface area contributed by atoms with E-state index in [0.29, 0.717) is 19.4 Å². The van der Waals surface area contributed by atoms with Gasteiger partial charge in [-0.25, -0.2) is 0 Å². The third kappa shape index (κ3) is 5.78. The summed E-state index contributed by atoms with van der Waals surface area (Å²) >= 11 is 0. The molecule has 0 bridgehead atoms. The summed E-state index contributed by atoms with van der Waals surface area (Å²) < 4.78 is 13.1. The first-order valence-electron chi connectivity index (χ1n) is 16.5. The van der Waals surface area contributed by atoms with Crippen molar-refractivity contribution in [3.8, 4) is 0 Å². The molecule has 4 aliphatic rings. The summed E-state index contributed by atoms with van der Waals surface area (Å²) in [5, 5.41) is 10.4. The Morgan fingerprint density at radius 3 is 2.36 bits per heavy atom. The lowest BCUT2D eigenvalue weighted by Crippen LogP contribution is -2.57. The number of hydrogen-bond donors (Lipinski definition) is 1. The molecular formula is C37H43N3O7. The van der Waals surface area contributed by atoms with Crippen molar-refractivity contribution >= 4 is 23.7 Å². The SMILES string of the molecule is CC[C@@H](CO)N1C(=O)[C@@H]2[C@H]3C(=O)O[C@H](c4ccccc4)[C@@H](C)N(C)C(=O)CC/C=C\[C@H]3O[C@@]23C=CCN(Cc2ccccc2)C(=O)[C@@H]13. The molecule has 1 spiro atoms. The number of allylic oxidation sites excluding steroid dienone is 1. The molecule has 47 heavy (non-hydrogen) atoms. The lowest BCUT2D eigenvalue weighted by Gasteiger charge is -2.38. The van der Waals surface area contributed by atoms with Gasteiger partial charge < -0.3 is 29.3 Å². The van der Waals surface area contributed by atoms with Gasteiger partial charge in [0.25, 0.3) is 0 Å². The monoisotopic (exact) mass is 641 g/mol. The summed E-state index contributed by atoms with van der Waals surface area (Å²) in [6, 6.07) is 16.6. The van der Waals surface area contributed by atoms with Gasteiger partial charge in [0, 0.05) is 26.6 Å². The minimum Gasteiger partial charge on any atom is -0.455 e. The van der Waals surface area contributed by atoms with E-state index in [4.69, 9.17) is 9.47 Å². The molecule has 0 aliphatic carbocycles. The smallest absolute Gasteiger partial charge is 0.313 e. The molecule has 6 rings (SSSR count). The fraction of sp³-hybridized carbons (Fsp3) is 0.459. The van der Waals surface area contributed by atoms with Crippen molar-refractivity contribution in [1.29, 1.82) is 0 Å². The van der Waals surface area contributed by atoms with Crippen LogP contribution in [0.3, 0.4) is 0 Å². The molecule has 10 heteroatoms. The average Bonchev–Trinajstić information content (AvgIpc) is 3.48. The van der Waals surface area contributed by atoms with E-state index in [2.05, 4.69) is 0 Å². The maximum atomic E-state index is 14.7. The van der Waals surface area contributed by atoms with Crippen molar-refractivity contribution in [2.75, 3.05) is 20.2 Å². The third-order valence-corrected chi connectivity index (χ3v) is 10.2. The van der Waals surface area contributed by atoms with Gasteiger partial charge in [-0.2, -0.15) is 0 Å². The Hall–Kier alpha value is -4.28. The topological polar surface area (TPSA) is 117 Å². The van der Waals surface area contributed by atoms with Crippen molar-refractivity contribution in [3.05, 3.63) is 96.1 Å². The summed E-state index contributed by atoms with van der Waals surface area (Å²) in [6.45, 7) is 3.97. The van der Waals surface area contributed by atoms with Crippen LogP contribution in [0.1, 0.15) is 50.3 Å². The fourth-order valence-corrected chi connectivity index (χ4v) is 7.63. The van der Waals surface area contributed by atoms with Crippen LogP contribution in [-0.2, 0) is 35.2 Å². The highest BCUT2D eigenvalue weighted by molar-refractivity contribution is 5.99. The average molecular weight is 642 g/mol. The van der Waals surface area contributed by atoms with Crippen LogP contribution in [0.25, 0.3) is 0 Å². The second-order valence-corrected chi connectivity index (χ2v) is 12.9. The number of benzene rings is 2. The summed E-state index contributed by atoms with van der Waals surface area (Å²) in [7, 11) is 1.70. The van der Waals surface area contributed by atoms with Crippen molar-refractivity contribution in [2.45, 2.75) is 75.6 Å². The lowest BCUT2D eigenvalue weighted by molar-refractivity contribution is -0.164. The number of nitrogens with zero attached hydrogens (tertiary/aromatic N) is 3. The van der Waals surface area contributed by atoms with Gasteiger partial charge in [-0.15, -0.1) is 0 Å². The molecular weight excluding hydrogens is 598 g/mol. The molecule has 2 aromatic rings. The van der Waals surface area contributed by atoms with E-state index in [1.54, 1.807) is 35.1 Å². The van der Waals surface area contributed by atoms with Crippen LogP contribution in [0.2, 0.25) is 0 Å². The number of aliphatic hydroxyl groups excluding tert-OH is 1. The van der Waals surface area contributed by atoms with Crippen LogP contribution >= 0.6 is 0 Å². The molecule has 0 saturated carbocycles. The van der Waals surface area contributed by atoms with Gasteiger partial charge in [-0.3, -0.25) is 19.2 Å². The maximum Gasteiger partial charge on any atom is 0.313 e. The number of carbonyl (C=O) groups excluding carboxylic acids is 4. The number of fused-ring (bicyclic) bond motifs is 2. The van der Waals surface area contributed by atoms with Gasteiger partial charge in [0.15, 0.2) is 0 Å². The van der Waals surface area contributed by atoms with Crippen molar-refractivity contribution < 1.29 is 33.8 Å². The molecule has 4 aliphatic heterocycles. The number of hydrogen-bond acceptors (Lipinski definition) is 7. The molecule has 2 fully saturated rings. The van der Waals surface area contributed by atoms with E-state index in [1.807, 2.05) is 80.6 Å². The first kappa shape index (κ1) is 32.7. The molecule has 10 nitrogen and oxygen atoms in total. The highest BCUT2D eigenvalue weighted by Gasteiger charge is 2.72. The van der Waals surface area contributed by atoms with Crippen molar-refractivity contribution in [2.24, 2.45) is 11.8 Å². The molecule has 0 radical (unpaired) electrons. The Morgan fingerprint density at radius 2 is 1.68 bits per heavy atom. The first-order valence-corrected chi connectivity index (χ1v) is 16.5. The zero-order valence-electron chi connectivity index (χ0n) is 27.1. The number of rotatable bonds is 6.